The molecule has 4 rings (SSSR count). The summed E-state index contributed by atoms with van der Waals surface area (Å²) in [6.45, 7) is 5.50. The minimum atomic E-state index is 0.331. The van der Waals surface area contributed by atoms with Crippen LogP contribution in [0.3, 0.4) is 0 Å². The number of hydrogen-bond donors (Lipinski definition) is 0. The Labute approximate surface area is 147 Å². The largest absolute Gasteiger partial charge is 0.396 e. The number of aromatic nitrogens is 3. The Morgan fingerprint density at radius 3 is 2.92 bits per heavy atom. The molecule has 25 heavy (non-hydrogen) atoms. The van der Waals surface area contributed by atoms with Gasteiger partial charge in [-0.25, -0.2) is 4.98 Å². The van der Waals surface area contributed by atoms with Gasteiger partial charge in [0.15, 0.2) is 0 Å². The van der Waals surface area contributed by atoms with Crippen molar-refractivity contribution in [3.63, 3.8) is 0 Å². The second-order valence-corrected chi connectivity index (χ2v) is 6.65. The van der Waals surface area contributed by atoms with Crippen molar-refractivity contribution in [3.8, 4) is 0 Å². The SMILES string of the molecule is CCON=C1c2c(n(C)c3ccccc23)CCC1Cn1ccnc1C. The molecule has 1 aliphatic rings. The van der Waals surface area contributed by atoms with E-state index in [1.807, 2.05) is 26.2 Å². The van der Waals surface area contributed by atoms with E-state index < -0.39 is 0 Å². The highest BCUT2D eigenvalue weighted by atomic mass is 16.6. The summed E-state index contributed by atoms with van der Waals surface area (Å²) < 4.78 is 4.52. The van der Waals surface area contributed by atoms with Crippen LogP contribution in [0.25, 0.3) is 10.9 Å². The summed E-state index contributed by atoms with van der Waals surface area (Å²) in [4.78, 5) is 9.88. The van der Waals surface area contributed by atoms with Gasteiger partial charge in [0.2, 0.25) is 0 Å². The molecule has 2 aromatic heterocycles. The van der Waals surface area contributed by atoms with E-state index in [4.69, 9.17) is 4.84 Å². The molecule has 0 spiro atoms. The molecule has 0 N–H and O–H groups in total. The average molecular weight is 336 g/mol. The van der Waals surface area contributed by atoms with E-state index in [9.17, 15) is 0 Å². The zero-order valence-electron chi connectivity index (χ0n) is 15.1. The van der Waals surface area contributed by atoms with Crippen molar-refractivity contribution in [2.24, 2.45) is 18.1 Å². The van der Waals surface area contributed by atoms with Crippen molar-refractivity contribution >= 4 is 16.6 Å². The zero-order chi connectivity index (χ0) is 17.4. The smallest absolute Gasteiger partial charge is 0.114 e. The van der Waals surface area contributed by atoms with Gasteiger partial charge >= 0.3 is 0 Å². The van der Waals surface area contributed by atoms with Gasteiger partial charge in [-0.1, -0.05) is 23.4 Å². The number of benzene rings is 1. The summed E-state index contributed by atoms with van der Waals surface area (Å²) in [6.07, 6.45) is 6.04. The molecule has 5 nitrogen and oxygen atoms in total. The van der Waals surface area contributed by atoms with Crippen LogP contribution in [0.1, 0.15) is 30.4 Å². The predicted molar refractivity (Wildman–Crippen MR) is 99.9 cm³/mol. The molecular weight excluding hydrogens is 312 g/mol. The predicted octanol–water partition coefficient (Wildman–Crippen LogP) is 3.69. The van der Waals surface area contributed by atoms with Crippen molar-refractivity contribution in [1.82, 2.24) is 14.1 Å². The van der Waals surface area contributed by atoms with Gasteiger partial charge in [-0.2, -0.15) is 0 Å². The third-order valence-corrected chi connectivity index (χ3v) is 5.23. The van der Waals surface area contributed by atoms with Crippen LogP contribution < -0.4 is 0 Å². The minimum Gasteiger partial charge on any atom is -0.396 e. The standard InChI is InChI=1S/C20H24N4O/c1-4-25-22-20-15(13-24-12-11-21-14(24)2)9-10-18-19(20)16-7-5-6-8-17(16)23(18)3/h5-8,11-12,15H,4,9-10,13H2,1-3H3. The first-order valence-corrected chi connectivity index (χ1v) is 8.95. The first-order valence-electron chi connectivity index (χ1n) is 8.95. The van der Waals surface area contributed by atoms with Gasteiger partial charge in [0.25, 0.3) is 0 Å². The molecule has 0 amide bonds. The summed E-state index contributed by atoms with van der Waals surface area (Å²) in [5.74, 6) is 1.37. The number of oxime groups is 1. The molecule has 0 bridgehead atoms. The molecule has 0 fully saturated rings. The van der Waals surface area contributed by atoms with Crippen molar-refractivity contribution in [2.75, 3.05) is 6.61 Å². The molecule has 1 aliphatic carbocycles. The van der Waals surface area contributed by atoms with E-state index in [2.05, 4.69) is 50.6 Å². The highest BCUT2D eigenvalue weighted by Gasteiger charge is 2.31. The fraction of sp³-hybridized carbons (Fsp3) is 0.400. The lowest BCUT2D eigenvalue weighted by atomic mass is 9.84. The Morgan fingerprint density at radius 1 is 1.32 bits per heavy atom. The third-order valence-electron chi connectivity index (χ3n) is 5.23. The molecule has 1 aromatic carbocycles. The van der Waals surface area contributed by atoms with Crippen LogP contribution in [0, 0.1) is 12.8 Å². The number of para-hydroxylation sites is 1. The van der Waals surface area contributed by atoms with Gasteiger partial charge in [0.1, 0.15) is 12.4 Å². The van der Waals surface area contributed by atoms with Crippen LogP contribution in [0.4, 0.5) is 0 Å². The molecule has 1 atom stereocenters. The lowest BCUT2D eigenvalue weighted by Gasteiger charge is -2.26. The minimum absolute atomic E-state index is 0.331. The molecule has 2 heterocycles. The maximum atomic E-state index is 5.52. The molecule has 0 radical (unpaired) electrons. The van der Waals surface area contributed by atoms with Crippen LogP contribution in [-0.2, 0) is 24.9 Å². The van der Waals surface area contributed by atoms with E-state index in [0.29, 0.717) is 12.5 Å². The van der Waals surface area contributed by atoms with Crippen molar-refractivity contribution < 1.29 is 4.84 Å². The van der Waals surface area contributed by atoms with Gasteiger partial charge in [0, 0.05) is 54.1 Å². The zero-order valence-corrected chi connectivity index (χ0v) is 15.1. The number of rotatable bonds is 4. The highest BCUT2D eigenvalue weighted by molar-refractivity contribution is 6.13. The fourth-order valence-corrected chi connectivity index (χ4v) is 3.94. The molecular formula is C20H24N4O. The van der Waals surface area contributed by atoms with Gasteiger partial charge in [-0.15, -0.1) is 0 Å². The topological polar surface area (TPSA) is 44.3 Å². The molecule has 0 saturated heterocycles. The molecule has 5 heteroatoms. The van der Waals surface area contributed by atoms with E-state index in [1.165, 1.54) is 22.2 Å². The lowest BCUT2D eigenvalue weighted by Crippen LogP contribution is -2.28. The number of nitrogens with zero attached hydrogens (tertiary/aromatic N) is 4. The van der Waals surface area contributed by atoms with E-state index >= 15 is 0 Å². The Morgan fingerprint density at radius 2 is 2.16 bits per heavy atom. The van der Waals surface area contributed by atoms with Crippen LogP contribution in [0.5, 0.6) is 0 Å². The first kappa shape index (κ1) is 15.9. The molecule has 130 valence electrons. The lowest BCUT2D eigenvalue weighted by molar-refractivity contribution is 0.156. The quantitative estimate of drug-likeness (QED) is 0.682. The molecule has 1 unspecified atom stereocenters. The summed E-state index contributed by atoms with van der Waals surface area (Å²) >= 11 is 0. The van der Waals surface area contributed by atoms with Gasteiger partial charge < -0.3 is 14.0 Å². The van der Waals surface area contributed by atoms with Crippen LogP contribution in [0.15, 0.2) is 41.8 Å². The van der Waals surface area contributed by atoms with Crippen LogP contribution in [-0.4, -0.2) is 26.4 Å². The average Bonchev–Trinajstić information content (AvgIpc) is 3.16. The van der Waals surface area contributed by atoms with Gasteiger partial charge in [-0.3, -0.25) is 0 Å². The molecule has 3 aromatic rings. The van der Waals surface area contributed by atoms with E-state index in [0.717, 1.165) is 30.9 Å². The van der Waals surface area contributed by atoms with Gasteiger partial charge in [0.05, 0.1) is 5.71 Å². The summed E-state index contributed by atoms with van der Waals surface area (Å²) in [7, 11) is 2.15. The van der Waals surface area contributed by atoms with E-state index in [-0.39, 0.29) is 0 Å². The second kappa shape index (κ2) is 6.39. The fourth-order valence-electron chi connectivity index (χ4n) is 3.94. The Hall–Kier alpha value is -2.56. The Kier molecular flexibility index (Phi) is 4.07. The summed E-state index contributed by atoms with van der Waals surface area (Å²) in [5, 5.41) is 5.84. The number of aryl methyl sites for hydroxylation is 2. The Bertz CT molecular complexity index is 934. The van der Waals surface area contributed by atoms with Gasteiger partial charge in [-0.05, 0) is 32.8 Å². The maximum Gasteiger partial charge on any atom is 0.114 e. The summed E-state index contributed by atoms with van der Waals surface area (Å²) in [5.41, 5.74) is 4.96. The molecule has 0 saturated carbocycles. The number of fused-ring (bicyclic) bond motifs is 3. The highest BCUT2D eigenvalue weighted by Crippen LogP contribution is 2.35. The number of imidazole rings is 1. The first-order chi connectivity index (χ1) is 12.2. The summed E-state index contributed by atoms with van der Waals surface area (Å²) in [6, 6.07) is 8.57. The van der Waals surface area contributed by atoms with Crippen molar-refractivity contribution in [2.45, 2.75) is 33.2 Å². The monoisotopic (exact) mass is 336 g/mol. The van der Waals surface area contributed by atoms with Crippen LogP contribution >= 0.6 is 0 Å². The molecule has 0 aliphatic heterocycles. The third kappa shape index (κ3) is 2.64. The maximum absolute atomic E-state index is 5.52. The van der Waals surface area contributed by atoms with Crippen molar-refractivity contribution in [3.05, 3.63) is 53.7 Å². The Balaban J connectivity index is 1.82. The van der Waals surface area contributed by atoms with Crippen LogP contribution in [0.2, 0.25) is 0 Å². The number of hydrogen-bond acceptors (Lipinski definition) is 3. The van der Waals surface area contributed by atoms with Crippen molar-refractivity contribution in [1.29, 1.82) is 0 Å². The second-order valence-electron chi connectivity index (χ2n) is 6.65. The normalized spacial score (nSPS) is 18.7. The van der Waals surface area contributed by atoms with E-state index in [1.54, 1.807) is 0 Å².